The van der Waals surface area contributed by atoms with Gasteiger partial charge >= 0.3 is 12.4 Å². The Balaban J connectivity index is 1.92. The maximum absolute atomic E-state index is 14.1. The van der Waals surface area contributed by atoms with E-state index in [4.69, 9.17) is 39.5 Å². The number of benzene rings is 2. The maximum atomic E-state index is 14.1. The Bertz CT molecular complexity index is 1060. The first-order chi connectivity index (χ1) is 14.7. The van der Waals surface area contributed by atoms with Crippen molar-refractivity contribution in [2.45, 2.75) is 24.4 Å². The molecule has 0 aromatic heterocycles. The summed E-state index contributed by atoms with van der Waals surface area (Å²) < 4.78 is 84.4. The minimum Gasteiger partial charge on any atom is -0.472 e. The minimum absolute atomic E-state index is 0.00721. The van der Waals surface area contributed by atoms with E-state index in [9.17, 15) is 31.1 Å². The molecule has 1 amide bonds. The molecule has 0 saturated heterocycles. The van der Waals surface area contributed by atoms with Crippen LogP contribution >= 0.6 is 34.8 Å². The van der Waals surface area contributed by atoms with E-state index in [-0.39, 0.29) is 37.5 Å². The largest absolute Gasteiger partial charge is 0.472 e. The molecule has 1 aliphatic heterocycles. The molecule has 0 saturated carbocycles. The van der Waals surface area contributed by atoms with Crippen molar-refractivity contribution in [3.63, 3.8) is 0 Å². The smallest absolute Gasteiger partial charge is 0.432 e. The van der Waals surface area contributed by atoms with E-state index >= 15 is 0 Å². The Morgan fingerprint density at radius 3 is 2.25 bits per heavy atom. The molecule has 0 fully saturated rings. The van der Waals surface area contributed by atoms with Gasteiger partial charge in [0.1, 0.15) is 12.3 Å². The van der Waals surface area contributed by atoms with Crippen LogP contribution in [-0.2, 0) is 16.8 Å². The topological polar surface area (TPSA) is 38.3 Å². The van der Waals surface area contributed by atoms with E-state index in [1.54, 1.807) is 5.32 Å². The highest BCUT2D eigenvalue weighted by atomic mass is 35.5. The number of carbonyl (C=O) groups excluding carboxylic acids is 1. The van der Waals surface area contributed by atoms with Gasteiger partial charge in [0.05, 0.1) is 5.03 Å². The number of carbonyl (C=O) groups is 1. The van der Waals surface area contributed by atoms with Crippen molar-refractivity contribution in [3.8, 4) is 5.75 Å². The van der Waals surface area contributed by atoms with E-state index in [1.807, 2.05) is 0 Å². The highest BCUT2D eigenvalue weighted by molar-refractivity contribution is 6.50. The standard InChI is InChI=1S/C20H12Cl3F6NO2/c21-13-4-12(5-14(22)6-13)18(20(27,28)29)8-11-3-10(1-2-16(11)32-18)15(23)7-17(31)30-9-19(24,25)26/h1-7H,8-9H2,(H,30,31). The van der Waals surface area contributed by atoms with Crippen molar-refractivity contribution in [3.05, 3.63) is 69.2 Å². The fourth-order valence-corrected chi connectivity index (χ4v) is 3.91. The van der Waals surface area contributed by atoms with Gasteiger partial charge < -0.3 is 10.1 Å². The predicted octanol–water partition coefficient (Wildman–Crippen LogP) is 6.64. The van der Waals surface area contributed by atoms with Crippen LogP contribution in [0.3, 0.4) is 0 Å². The highest BCUT2D eigenvalue weighted by Crippen LogP contribution is 2.52. The first kappa shape index (κ1) is 24.5. The molecule has 1 aliphatic rings. The monoisotopic (exact) mass is 517 g/mol. The van der Waals surface area contributed by atoms with Crippen LogP contribution in [0.2, 0.25) is 10.0 Å². The van der Waals surface area contributed by atoms with E-state index in [2.05, 4.69) is 0 Å². The first-order valence-electron chi connectivity index (χ1n) is 8.77. The quantitative estimate of drug-likeness (QED) is 0.364. The van der Waals surface area contributed by atoms with Gasteiger partial charge in [-0.3, -0.25) is 4.79 Å². The molecule has 0 radical (unpaired) electrons. The molecule has 0 spiro atoms. The van der Waals surface area contributed by atoms with Gasteiger partial charge in [0.2, 0.25) is 11.5 Å². The number of rotatable bonds is 4. The number of nitrogens with one attached hydrogen (secondary N) is 1. The summed E-state index contributed by atoms with van der Waals surface area (Å²) in [6.07, 6.45) is -9.39. The zero-order chi connectivity index (χ0) is 23.9. The molecule has 1 unspecified atom stereocenters. The zero-order valence-corrected chi connectivity index (χ0v) is 17.9. The number of hydrogen-bond acceptors (Lipinski definition) is 2. The fraction of sp³-hybridized carbons (Fsp3) is 0.250. The molecule has 1 heterocycles. The number of ether oxygens (including phenoxy) is 1. The van der Waals surface area contributed by atoms with Gasteiger partial charge in [0, 0.05) is 28.1 Å². The Hall–Kier alpha value is -2.10. The summed E-state index contributed by atoms with van der Waals surface area (Å²) in [6.45, 7) is -1.55. The normalized spacial score (nSPS) is 18.8. The summed E-state index contributed by atoms with van der Waals surface area (Å²) in [7, 11) is 0. The van der Waals surface area contributed by atoms with Gasteiger partial charge in [-0.25, -0.2) is 0 Å². The summed E-state index contributed by atoms with van der Waals surface area (Å²) in [6, 6.07) is 7.27. The summed E-state index contributed by atoms with van der Waals surface area (Å²) in [5.41, 5.74) is -2.81. The van der Waals surface area contributed by atoms with Gasteiger partial charge in [0.25, 0.3) is 0 Å². The van der Waals surface area contributed by atoms with Crippen molar-refractivity contribution >= 4 is 45.7 Å². The third-order valence-corrected chi connectivity index (χ3v) is 5.33. The minimum atomic E-state index is -4.85. The van der Waals surface area contributed by atoms with Gasteiger partial charge in [-0.15, -0.1) is 0 Å². The third kappa shape index (κ3) is 5.27. The van der Waals surface area contributed by atoms with E-state index < -0.39 is 36.8 Å². The van der Waals surface area contributed by atoms with Gasteiger partial charge in [-0.1, -0.05) is 34.8 Å². The lowest BCUT2D eigenvalue weighted by Crippen LogP contribution is -2.46. The van der Waals surface area contributed by atoms with Crippen LogP contribution < -0.4 is 10.1 Å². The van der Waals surface area contributed by atoms with Crippen molar-refractivity contribution in [1.82, 2.24) is 5.32 Å². The maximum Gasteiger partial charge on any atom is 0.432 e. The second-order valence-electron chi connectivity index (χ2n) is 6.91. The van der Waals surface area contributed by atoms with E-state index in [1.165, 1.54) is 24.3 Å². The second-order valence-corrected chi connectivity index (χ2v) is 8.19. The van der Waals surface area contributed by atoms with Gasteiger partial charge in [0.15, 0.2) is 0 Å². The molecule has 2 aromatic rings. The average molecular weight is 519 g/mol. The van der Waals surface area contributed by atoms with Crippen LogP contribution in [-0.4, -0.2) is 24.8 Å². The van der Waals surface area contributed by atoms with Crippen LogP contribution in [0, 0.1) is 0 Å². The first-order valence-corrected chi connectivity index (χ1v) is 9.91. The van der Waals surface area contributed by atoms with E-state index in [0.29, 0.717) is 6.08 Å². The van der Waals surface area contributed by atoms with Gasteiger partial charge in [-0.05, 0) is 47.5 Å². The summed E-state index contributed by atoms with van der Waals surface area (Å²) >= 11 is 17.8. The number of amides is 1. The molecular weight excluding hydrogens is 507 g/mol. The van der Waals surface area contributed by atoms with Crippen molar-refractivity contribution in [2.75, 3.05) is 6.54 Å². The summed E-state index contributed by atoms with van der Waals surface area (Å²) in [5, 5.41) is 1.34. The zero-order valence-electron chi connectivity index (χ0n) is 15.7. The summed E-state index contributed by atoms with van der Waals surface area (Å²) in [5.74, 6) is -1.18. The average Bonchev–Trinajstić information content (AvgIpc) is 3.05. The molecule has 1 N–H and O–H groups in total. The Morgan fingerprint density at radius 1 is 1.06 bits per heavy atom. The molecule has 0 aliphatic carbocycles. The molecular formula is C20H12Cl3F6NO2. The molecule has 0 bridgehead atoms. The summed E-state index contributed by atoms with van der Waals surface area (Å²) in [4.78, 5) is 11.6. The lowest BCUT2D eigenvalue weighted by molar-refractivity contribution is -0.248. The lowest BCUT2D eigenvalue weighted by atomic mass is 9.88. The van der Waals surface area contributed by atoms with Crippen molar-refractivity contribution in [2.24, 2.45) is 0 Å². The van der Waals surface area contributed by atoms with Gasteiger partial charge in [-0.2, -0.15) is 26.3 Å². The van der Waals surface area contributed by atoms with Crippen LogP contribution in [0.15, 0.2) is 42.5 Å². The second kappa shape index (κ2) is 8.68. The number of alkyl halides is 6. The highest BCUT2D eigenvalue weighted by Gasteiger charge is 2.61. The number of hydrogen-bond donors (Lipinski definition) is 1. The molecule has 3 nitrogen and oxygen atoms in total. The van der Waals surface area contributed by atoms with Crippen molar-refractivity contribution < 1.29 is 35.9 Å². The lowest BCUT2D eigenvalue weighted by Gasteiger charge is -2.31. The SMILES string of the molecule is O=C(C=C(Cl)c1ccc2c(c1)CC(c1cc(Cl)cc(Cl)c1)(C(F)(F)F)O2)NCC(F)(F)F. The Kier molecular flexibility index (Phi) is 6.66. The van der Waals surface area contributed by atoms with E-state index in [0.717, 1.165) is 12.1 Å². The van der Waals surface area contributed by atoms with Crippen LogP contribution in [0.25, 0.3) is 5.03 Å². The van der Waals surface area contributed by atoms with Crippen LogP contribution in [0.4, 0.5) is 26.3 Å². The van der Waals surface area contributed by atoms with Crippen LogP contribution in [0.1, 0.15) is 16.7 Å². The Labute approximate surface area is 192 Å². The molecule has 2 aromatic carbocycles. The molecule has 32 heavy (non-hydrogen) atoms. The Morgan fingerprint density at radius 2 is 1.69 bits per heavy atom. The molecule has 3 rings (SSSR count). The number of fused-ring (bicyclic) bond motifs is 1. The number of halogens is 9. The van der Waals surface area contributed by atoms with Crippen LogP contribution in [0.5, 0.6) is 5.75 Å². The third-order valence-electron chi connectivity index (χ3n) is 4.57. The fourth-order valence-electron chi connectivity index (χ4n) is 3.16. The molecule has 1 atom stereocenters. The molecule has 12 heteroatoms. The molecule has 172 valence electrons. The van der Waals surface area contributed by atoms with Crippen molar-refractivity contribution in [1.29, 1.82) is 0 Å². The predicted molar refractivity (Wildman–Crippen MR) is 108 cm³/mol.